The third-order valence-corrected chi connectivity index (χ3v) is 6.37. The van der Waals surface area contributed by atoms with Crippen LogP contribution < -0.4 is 9.47 Å². The van der Waals surface area contributed by atoms with E-state index >= 15 is 0 Å². The van der Waals surface area contributed by atoms with Gasteiger partial charge in [0.05, 0.1) is 7.11 Å². The molecule has 4 aromatic rings. The van der Waals surface area contributed by atoms with Crippen molar-refractivity contribution in [3.05, 3.63) is 95.6 Å². The predicted octanol–water partition coefficient (Wildman–Crippen LogP) is 6.30. The van der Waals surface area contributed by atoms with Crippen LogP contribution in [0.2, 0.25) is 0 Å². The van der Waals surface area contributed by atoms with E-state index < -0.39 is 0 Å². The Balaban J connectivity index is 1.65. The number of ether oxygens (including phenoxy) is 2. The van der Waals surface area contributed by atoms with Crippen molar-refractivity contribution >= 4 is 10.8 Å². The van der Waals surface area contributed by atoms with Gasteiger partial charge in [0.15, 0.2) is 0 Å². The molecular formula is C28H27NO2. The van der Waals surface area contributed by atoms with Crippen molar-refractivity contribution in [3.63, 3.8) is 0 Å². The average molecular weight is 410 g/mol. The largest absolute Gasteiger partial charge is 0.497 e. The molecule has 31 heavy (non-hydrogen) atoms. The molecule has 5 rings (SSSR count). The second-order valence-corrected chi connectivity index (χ2v) is 8.38. The third-order valence-electron chi connectivity index (χ3n) is 6.37. The maximum atomic E-state index is 6.05. The number of fused-ring (bicyclic) bond motifs is 5. The van der Waals surface area contributed by atoms with Gasteiger partial charge >= 0.3 is 0 Å². The van der Waals surface area contributed by atoms with Crippen molar-refractivity contribution in [2.45, 2.75) is 19.1 Å². The minimum atomic E-state index is 0.0204. The van der Waals surface area contributed by atoms with Gasteiger partial charge in [0.25, 0.3) is 0 Å². The first-order valence-electron chi connectivity index (χ1n) is 10.7. The average Bonchev–Trinajstić information content (AvgIpc) is 3.13. The monoisotopic (exact) mass is 409 g/mol. The molecule has 0 fully saturated rings. The highest BCUT2D eigenvalue weighted by Crippen LogP contribution is 2.51. The van der Waals surface area contributed by atoms with Crippen molar-refractivity contribution < 1.29 is 9.47 Å². The predicted molar refractivity (Wildman–Crippen MR) is 127 cm³/mol. The van der Waals surface area contributed by atoms with Gasteiger partial charge in [-0.2, -0.15) is 0 Å². The van der Waals surface area contributed by atoms with E-state index in [-0.39, 0.29) is 12.1 Å². The Kier molecular flexibility index (Phi) is 4.91. The highest BCUT2D eigenvalue weighted by Gasteiger charge is 2.32. The van der Waals surface area contributed by atoms with Gasteiger partial charge in [-0.05, 0) is 83.9 Å². The summed E-state index contributed by atoms with van der Waals surface area (Å²) < 4.78 is 11.6. The Morgan fingerprint density at radius 3 is 2.26 bits per heavy atom. The molecule has 156 valence electrons. The Bertz CT molecular complexity index is 1240. The lowest BCUT2D eigenvalue weighted by molar-refractivity contribution is 0.0815. The first-order valence-corrected chi connectivity index (χ1v) is 10.7. The molecule has 0 aliphatic heterocycles. The van der Waals surface area contributed by atoms with Crippen LogP contribution in [0.3, 0.4) is 0 Å². The van der Waals surface area contributed by atoms with Gasteiger partial charge in [-0.3, -0.25) is 4.90 Å². The van der Waals surface area contributed by atoms with Crippen LogP contribution in [-0.4, -0.2) is 32.3 Å². The summed E-state index contributed by atoms with van der Waals surface area (Å²) in [5.74, 6) is 1.93. The second kappa shape index (κ2) is 7.75. The molecule has 0 saturated carbocycles. The van der Waals surface area contributed by atoms with Crippen LogP contribution in [0.5, 0.6) is 11.5 Å². The van der Waals surface area contributed by atoms with Crippen molar-refractivity contribution in [3.8, 4) is 22.6 Å². The summed E-state index contributed by atoms with van der Waals surface area (Å²) in [4.78, 5) is 2.05. The molecule has 2 unspecified atom stereocenters. The van der Waals surface area contributed by atoms with E-state index in [4.69, 9.17) is 9.47 Å². The van der Waals surface area contributed by atoms with E-state index in [1.54, 1.807) is 7.11 Å². The number of hydrogen-bond acceptors (Lipinski definition) is 3. The van der Waals surface area contributed by atoms with Gasteiger partial charge in [-0.1, -0.05) is 54.6 Å². The molecule has 0 aromatic heterocycles. The van der Waals surface area contributed by atoms with E-state index in [9.17, 15) is 0 Å². The second-order valence-electron chi connectivity index (χ2n) is 8.38. The van der Waals surface area contributed by atoms with E-state index in [1.165, 1.54) is 38.6 Å². The minimum Gasteiger partial charge on any atom is -0.497 e. The van der Waals surface area contributed by atoms with Gasteiger partial charge in [0, 0.05) is 5.92 Å². The number of hydrogen-bond donors (Lipinski definition) is 0. The molecule has 0 N–H and O–H groups in total. The third kappa shape index (κ3) is 3.35. The summed E-state index contributed by atoms with van der Waals surface area (Å²) in [7, 11) is 5.76. The van der Waals surface area contributed by atoms with Gasteiger partial charge in [0.2, 0.25) is 0 Å². The van der Waals surface area contributed by atoms with Crippen molar-refractivity contribution in [1.82, 2.24) is 4.90 Å². The fourth-order valence-electron chi connectivity index (χ4n) is 4.54. The van der Waals surface area contributed by atoms with Crippen molar-refractivity contribution in [1.29, 1.82) is 0 Å². The summed E-state index contributed by atoms with van der Waals surface area (Å²) in [6, 6.07) is 28.1. The fraction of sp³-hybridized carbons (Fsp3) is 0.214. The Morgan fingerprint density at radius 1 is 0.806 bits per heavy atom. The molecule has 3 nitrogen and oxygen atoms in total. The molecule has 0 radical (unpaired) electrons. The van der Waals surface area contributed by atoms with Crippen LogP contribution in [0.25, 0.3) is 21.9 Å². The summed E-state index contributed by atoms with van der Waals surface area (Å²) >= 11 is 0. The van der Waals surface area contributed by atoms with Gasteiger partial charge in [-0.25, -0.2) is 0 Å². The van der Waals surface area contributed by atoms with Crippen LogP contribution in [0.4, 0.5) is 0 Å². The highest BCUT2D eigenvalue weighted by molar-refractivity contribution is 5.97. The first kappa shape index (κ1) is 19.7. The van der Waals surface area contributed by atoms with Crippen LogP contribution in [0.15, 0.2) is 78.9 Å². The standard InChI is InChI=1S/C28H27NO2/c1-18(29(2)3)31-21-12-9-20(10-13-21)27-26-17-22(30-4)14-16-24(26)25-15-11-19-7-5-6-8-23(19)28(25)27/h5-18,27H,1-4H3. The molecular weight excluding hydrogens is 382 g/mol. The zero-order chi connectivity index (χ0) is 21.5. The molecule has 2 atom stereocenters. The topological polar surface area (TPSA) is 21.7 Å². The summed E-state index contributed by atoms with van der Waals surface area (Å²) in [5.41, 5.74) is 6.52. The lowest BCUT2D eigenvalue weighted by Gasteiger charge is -2.22. The maximum Gasteiger partial charge on any atom is 0.149 e. The van der Waals surface area contributed by atoms with E-state index in [0.29, 0.717) is 0 Å². The molecule has 0 saturated heterocycles. The molecule has 0 spiro atoms. The van der Waals surface area contributed by atoms with Crippen molar-refractivity contribution in [2.24, 2.45) is 0 Å². The summed E-state index contributed by atoms with van der Waals surface area (Å²) in [6.07, 6.45) is 0.0204. The minimum absolute atomic E-state index is 0.0204. The van der Waals surface area contributed by atoms with Crippen LogP contribution in [0, 0.1) is 0 Å². The van der Waals surface area contributed by atoms with Crippen LogP contribution >= 0.6 is 0 Å². The Hall–Kier alpha value is -3.30. The quantitative estimate of drug-likeness (QED) is 0.318. The highest BCUT2D eigenvalue weighted by atomic mass is 16.5. The number of methoxy groups -OCH3 is 1. The lowest BCUT2D eigenvalue weighted by atomic mass is 9.86. The zero-order valence-electron chi connectivity index (χ0n) is 18.4. The van der Waals surface area contributed by atoms with Crippen LogP contribution in [-0.2, 0) is 0 Å². The first-order chi connectivity index (χ1) is 15.1. The molecule has 1 aliphatic rings. The maximum absolute atomic E-state index is 6.05. The zero-order valence-corrected chi connectivity index (χ0v) is 18.4. The fourth-order valence-corrected chi connectivity index (χ4v) is 4.54. The molecule has 4 aromatic carbocycles. The van der Waals surface area contributed by atoms with E-state index in [2.05, 4.69) is 90.7 Å². The van der Waals surface area contributed by atoms with Crippen molar-refractivity contribution in [2.75, 3.05) is 21.2 Å². The SMILES string of the molecule is COc1ccc2c(c1)C(c1ccc(OC(C)N(C)C)cc1)c1c-2ccc2ccccc12. The van der Waals surface area contributed by atoms with Gasteiger partial charge < -0.3 is 9.47 Å². The van der Waals surface area contributed by atoms with E-state index in [0.717, 1.165) is 11.5 Å². The normalized spacial score (nSPS) is 15.6. The summed E-state index contributed by atoms with van der Waals surface area (Å²) in [6.45, 7) is 2.05. The molecule has 1 aliphatic carbocycles. The van der Waals surface area contributed by atoms with Gasteiger partial charge in [-0.15, -0.1) is 0 Å². The van der Waals surface area contributed by atoms with Crippen LogP contribution in [0.1, 0.15) is 29.5 Å². The smallest absolute Gasteiger partial charge is 0.149 e. The number of nitrogens with zero attached hydrogens (tertiary/aromatic N) is 1. The molecule has 0 bridgehead atoms. The number of rotatable bonds is 5. The van der Waals surface area contributed by atoms with E-state index in [1.807, 2.05) is 14.1 Å². The van der Waals surface area contributed by atoms with Gasteiger partial charge in [0.1, 0.15) is 17.7 Å². The number of benzene rings is 4. The Labute approximate surface area is 183 Å². The molecule has 0 amide bonds. The molecule has 0 heterocycles. The molecule has 3 heteroatoms. The summed E-state index contributed by atoms with van der Waals surface area (Å²) in [5, 5.41) is 2.58. The lowest BCUT2D eigenvalue weighted by Crippen LogP contribution is -2.30. The Morgan fingerprint density at radius 2 is 1.52 bits per heavy atom.